The fraction of sp³-hybridized carbons (Fsp3) is 0.438. The minimum atomic E-state index is 0.474. The summed E-state index contributed by atoms with van der Waals surface area (Å²) in [5.41, 5.74) is 3.46. The van der Waals surface area contributed by atoms with Crippen molar-refractivity contribution in [2.75, 3.05) is 11.9 Å². The molecule has 0 fully saturated rings. The van der Waals surface area contributed by atoms with Crippen LogP contribution in [0.1, 0.15) is 31.9 Å². The number of aryl methyl sites for hydroxylation is 1. The van der Waals surface area contributed by atoms with E-state index in [9.17, 15) is 0 Å². The van der Waals surface area contributed by atoms with Gasteiger partial charge in [-0.3, -0.25) is 0 Å². The Morgan fingerprint density at radius 1 is 1.35 bits per heavy atom. The smallest absolute Gasteiger partial charge is 0.139 e. The SMILES string of the molecule is CCC1C(C)CNc2c(Br)c(-c3ccc(C)cc3)nn21. The Morgan fingerprint density at radius 2 is 2.05 bits per heavy atom. The van der Waals surface area contributed by atoms with Crippen molar-refractivity contribution in [2.45, 2.75) is 33.2 Å². The highest BCUT2D eigenvalue weighted by Gasteiger charge is 2.29. The zero-order chi connectivity index (χ0) is 14.3. The summed E-state index contributed by atoms with van der Waals surface area (Å²) in [5.74, 6) is 1.72. The number of benzene rings is 1. The molecule has 1 N–H and O–H groups in total. The van der Waals surface area contributed by atoms with E-state index >= 15 is 0 Å². The van der Waals surface area contributed by atoms with Gasteiger partial charge in [0.1, 0.15) is 11.5 Å². The Labute approximate surface area is 128 Å². The molecular formula is C16H20BrN3. The molecule has 0 spiro atoms. The summed E-state index contributed by atoms with van der Waals surface area (Å²) >= 11 is 3.72. The summed E-state index contributed by atoms with van der Waals surface area (Å²) in [6.07, 6.45) is 1.11. The number of hydrogen-bond donors (Lipinski definition) is 1. The fourth-order valence-corrected chi connectivity index (χ4v) is 3.55. The highest BCUT2D eigenvalue weighted by Crippen LogP contribution is 2.40. The van der Waals surface area contributed by atoms with Crippen LogP contribution in [-0.2, 0) is 0 Å². The molecule has 4 heteroatoms. The maximum atomic E-state index is 4.86. The van der Waals surface area contributed by atoms with Gasteiger partial charge in [0.2, 0.25) is 0 Å². The lowest BCUT2D eigenvalue weighted by atomic mass is 9.98. The molecule has 2 aromatic rings. The van der Waals surface area contributed by atoms with Crippen LogP contribution in [0.15, 0.2) is 28.7 Å². The summed E-state index contributed by atoms with van der Waals surface area (Å²) in [5, 5.41) is 8.36. The number of halogens is 1. The monoisotopic (exact) mass is 333 g/mol. The van der Waals surface area contributed by atoms with Crippen LogP contribution in [0.2, 0.25) is 0 Å². The van der Waals surface area contributed by atoms with E-state index in [0.717, 1.165) is 34.5 Å². The number of hydrogen-bond acceptors (Lipinski definition) is 2. The van der Waals surface area contributed by atoms with Crippen LogP contribution in [-0.4, -0.2) is 16.3 Å². The van der Waals surface area contributed by atoms with Crippen LogP contribution >= 0.6 is 15.9 Å². The number of rotatable bonds is 2. The van der Waals surface area contributed by atoms with Gasteiger partial charge in [-0.1, -0.05) is 43.7 Å². The maximum absolute atomic E-state index is 4.86. The average Bonchev–Trinajstić information content (AvgIpc) is 2.77. The number of nitrogens with zero attached hydrogens (tertiary/aromatic N) is 2. The third-order valence-electron chi connectivity index (χ3n) is 4.16. The standard InChI is InChI=1S/C16H20BrN3/c1-4-13-11(3)9-18-16-14(17)15(19-20(13)16)12-7-5-10(2)6-8-12/h5-8,11,13,18H,4,9H2,1-3H3. The van der Waals surface area contributed by atoms with Crippen LogP contribution in [0.4, 0.5) is 5.82 Å². The normalized spacial score (nSPS) is 21.4. The van der Waals surface area contributed by atoms with E-state index in [1.54, 1.807) is 0 Å². The van der Waals surface area contributed by atoms with E-state index in [0.29, 0.717) is 12.0 Å². The molecule has 0 amide bonds. The van der Waals surface area contributed by atoms with Gasteiger partial charge in [0.05, 0.1) is 10.5 Å². The molecule has 2 heterocycles. The van der Waals surface area contributed by atoms with Crippen molar-refractivity contribution >= 4 is 21.7 Å². The molecule has 1 aliphatic heterocycles. The summed E-state index contributed by atoms with van der Waals surface area (Å²) in [6.45, 7) is 7.63. The summed E-state index contributed by atoms with van der Waals surface area (Å²) < 4.78 is 3.24. The van der Waals surface area contributed by atoms with Gasteiger partial charge >= 0.3 is 0 Å². The Kier molecular flexibility index (Phi) is 3.59. The minimum Gasteiger partial charge on any atom is -0.369 e. The quantitative estimate of drug-likeness (QED) is 0.867. The van der Waals surface area contributed by atoms with Gasteiger partial charge in [0.15, 0.2) is 0 Å². The van der Waals surface area contributed by atoms with Gasteiger partial charge in [-0.15, -0.1) is 0 Å². The second-order valence-corrected chi connectivity index (χ2v) is 6.45. The number of anilines is 1. The van der Waals surface area contributed by atoms with Gasteiger partial charge in [0.25, 0.3) is 0 Å². The first-order valence-electron chi connectivity index (χ1n) is 7.20. The lowest BCUT2D eigenvalue weighted by Gasteiger charge is -2.30. The van der Waals surface area contributed by atoms with Crippen LogP contribution in [0.5, 0.6) is 0 Å². The molecule has 0 bridgehead atoms. The topological polar surface area (TPSA) is 29.9 Å². The van der Waals surface area contributed by atoms with Crippen molar-refractivity contribution in [3.05, 3.63) is 34.3 Å². The van der Waals surface area contributed by atoms with E-state index in [2.05, 4.69) is 71.0 Å². The van der Waals surface area contributed by atoms with E-state index in [4.69, 9.17) is 5.10 Å². The molecule has 0 aliphatic carbocycles. The molecule has 2 unspecified atom stereocenters. The molecule has 0 saturated carbocycles. The van der Waals surface area contributed by atoms with Crippen molar-refractivity contribution in [3.63, 3.8) is 0 Å². The molecule has 3 nitrogen and oxygen atoms in total. The van der Waals surface area contributed by atoms with Crippen LogP contribution in [0.25, 0.3) is 11.3 Å². The lowest BCUT2D eigenvalue weighted by Crippen LogP contribution is -2.30. The number of fused-ring (bicyclic) bond motifs is 1. The Morgan fingerprint density at radius 3 is 2.70 bits per heavy atom. The molecule has 3 rings (SSSR count). The summed E-state index contributed by atoms with van der Waals surface area (Å²) in [7, 11) is 0. The second kappa shape index (κ2) is 5.24. The molecule has 0 radical (unpaired) electrons. The molecule has 2 atom stereocenters. The highest BCUT2D eigenvalue weighted by atomic mass is 79.9. The largest absolute Gasteiger partial charge is 0.369 e. The van der Waals surface area contributed by atoms with Gasteiger partial charge < -0.3 is 5.32 Å². The van der Waals surface area contributed by atoms with E-state index in [1.807, 2.05) is 0 Å². The van der Waals surface area contributed by atoms with Gasteiger partial charge in [0, 0.05) is 12.1 Å². The summed E-state index contributed by atoms with van der Waals surface area (Å²) in [4.78, 5) is 0. The lowest BCUT2D eigenvalue weighted by molar-refractivity contribution is 0.313. The molecule has 0 saturated heterocycles. The highest BCUT2D eigenvalue weighted by molar-refractivity contribution is 9.10. The molecule has 20 heavy (non-hydrogen) atoms. The van der Waals surface area contributed by atoms with Crippen LogP contribution in [0.3, 0.4) is 0 Å². The van der Waals surface area contributed by atoms with Gasteiger partial charge in [-0.05, 0) is 35.2 Å². The Balaban J connectivity index is 2.09. The predicted molar refractivity (Wildman–Crippen MR) is 87.1 cm³/mol. The first-order chi connectivity index (χ1) is 9.61. The van der Waals surface area contributed by atoms with Crippen molar-refractivity contribution in [1.82, 2.24) is 9.78 Å². The van der Waals surface area contributed by atoms with Gasteiger partial charge in [-0.25, -0.2) is 4.68 Å². The third-order valence-corrected chi connectivity index (χ3v) is 4.91. The molecule has 106 valence electrons. The predicted octanol–water partition coefficient (Wildman–Crippen LogP) is 4.63. The third kappa shape index (κ3) is 2.16. The van der Waals surface area contributed by atoms with E-state index < -0.39 is 0 Å². The van der Waals surface area contributed by atoms with Crippen LogP contribution < -0.4 is 5.32 Å². The number of aromatic nitrogens is 2. The second-order valence-electron chi connectivity index (χ2n) is 5.66. The molecule has 1 aliphatic rings. The minimum absolute atomic E-state index is 0.474. The van der Waals surface area contributed by atoms with E-state index in [-0.39, 0.29) is 0 Å². The Bertz CT molecular complexity index is 615. The first kappa shape index (κ1) is 13.7. The van der Waals surface area contributed by atoms with Crippen molar-refractivity contribution in [2.24, 2.45) is 5.92 Å². The number of nitrogens with one attached hydrogen (secondary N) is 1. The summed E-state index contributed by atoms with van der Waals surface area (Å²) in [6, 6.07) is 9.01. The van der Waals surface area contributed by atoms with Crippen LogP contribution in [0, 0.1) is 12.8 Å². The van der Waals surface area contributed by atoms with Gasteiger partial charge in [-0.2, -0.15) is 5.10 Å². The fourth-order valence-electron chi connectivity index (χ4n) is 2.92. The maximum Gasteiger partial charge on any atom is 0.139 e. The zero-order valence-corrected chi connectivity index (χ0v) is 13.7. The first-order valence-corrected chi connectivity index (χ1v) is 8.00. The molecular weight excluding hydrogens is 314 g/mol. The average molecular weight is 334 g/mol. The van der Waals surface area contributed by atoms with Crippen molar-refractivity contribution in [3.8, 4) is 11.3 Å². The zero-order valence-electron chi connectivity index (χ0n) is 12.2. The van der Waals surface area contributed by atoms with E-state index in [1.165, 1.54) is 5.56 Å². The van der Waals surface area contributed by atoms with Crippen molar-refractivity contribution < 1.29 is 0 Å². The Hall–Kier alpha value is -1.29. The van der Waals surface area contributed by atoms with Crippen molar-refractivity contribution in [1.29, 1.82) is 0 Å². The molecule has 1 aromatic carbocycles. The molecule has 1 aromatic heterocycles.